The number of thioether (sulfide) groups is 1. The van der Waals surface area contributed by atoms with Crippen LogP contribution in [0.1, 0.15) is 58.0 Å². The third kappa shape index (κ3) is 4.76. The Bertz CT molecular complexity index is 913. The monoisotopic (exact) mass is 431 g/mol. The Balaban J connectivity index is 0.00000106. The summed E-state index contributed by atoms with van der Waals surface area (Å²) in [5, 5.41) is 3.85. The predicted octanol–water partition coefficient (Wildman–Crippen LogP) is 5.50. The van der Waals surface area contributed by atoms with E-state index in [4.69, 9.17) is 4.74 Å². The number of hydrogen-bond donors (Lipinski definition) is 2. The molecule has 1 aliphatic rings. The minimum absolute atomic E-state index is 0.0654. The second kappa shape index (κ2) is 12.5. The number of para-hydroxylation sites is 1. The Kier molecular flexibility index (Phi) is 10.8. The van der Waals surface area contributed by atoms with Crippen LogP contribution in [0.3, 0.4) is 0 Å². The van der Waals surface area contributed by atoms with Crippen molar-refractivity contribution in [2.45, 2.75) is 53.3 Å². The second-order valence-corrected chi connectivity index (χ2v) is 7.54. The maximum absolute atomic E-state index is 12.9. The highest BCUT2D eigenvalue weighted by molar-refractivity contribution is 8.04. The molecule has 0 saturated heterocycles. The third-order valence-electron chi connectivity index (χ3n) is 4.73. The SMILES string of the molecule is C/C=C\C1=C(C)SC(C(=O)NCC)c2c1n(CC)c1c(OC)cccc21.CC.CN. The molecule has 0 radical (unpaired) electrons. The molecule has 1 aliphatic heterocycles. The number of ether oxygens (including phenoxy) is 1. The number of carbonyl (C=O) groups is 1. The summed E-state index contributed by atoms with van der Waals surface area (Å²) in [5.74, 6) is 0.909. The minimum atomic E-state index is -0.249. The van der Waals surface area contributed by atoms with Crippen LogP contribution in [-0.2, 0) is 11.3 Å². The van der Waals surface area contributed by atoms with Crippen LogP contribution >= 0.6 is 11.8 Å². The van der Waals surface area contributed by atoms with Crippen LogP contribution in [0.25, 0.3) is 16.5 Å². The van der Waals surface area contributed by atoms with Crippen LogP contribution < -0.4 is 15.8 Å². The molecule has 0 spiro atoms. The quantitative estimate of drug-likeness (QED) is 0.656. The number of carbonyl (C=O) groups excluding carboxylic acids is 1. The highest BCUT2D eigenvalue weighted by Gasteiger charge is 2.35. The number of nitrogens with two attached hydrogens (primary N) is 1. The number of likely N-dealkylation sites (N-methyl/N-ethyl adjacent to an activating group) is 1. The van der Waals surface area contributed by atoms with E-state index in [2.05, 4.69) is 47.7 Å². The molecule has 30 heavy (non-hydrogen) atoms. The van der Waals surface area contributed by atoms with E-state index in [1.165, 1.54) is 17.5 Å². The molecule has 2 aromatic rings. The molecule has 0 fully saturated rings. The molecule has 0 aliphatic carbocycles. The van der Waals surface area contributed by atoms with Crippen molar-refractivity contribution in [3.63, 3.8) is 0 Å². The molecule has 1 atom stereocenters. The van der Waals surface area contributed by atoms with Crippen LogP contribution in [-0.4, -0.2) is 31.2 Å². The molecule has 3 N–H and O–H groups in total. The lowest BCUT2D eigenvalue weighted by molar-refractivity contribution is -0.120. The molecule has 2 heterocycles. The van der Waals surface area contributed by atoms with Crippen LogP contribution in [0.2, 0.25) is 0 Å². The zero-order valence-electron chi connectivity index (χ0n) is 19.6. The van der Waals surface area contributed by atoms with Crippen molar-refractivity contribution in [1.29, 1.82) is 0 Å². The molecule has 5 nitrogen and oxygen atoms in total. The standard InChI is InChI=1S/C21H26N2O2S.C2H6.CH5N/c1-6-10-14-13(4)26-20(21(24)22-7-2)17-15-11-9-12-16(25-5)18(15)23(8-3)19(14)17;2*1-2/h6,9-12,20H,7-8H2,1-5H3,(H,22,24);1-2H3;2H2,1H3/b10-6-;;. The molecule has 1 aromatic heterocycles. The highest BCUT2D eigenvalue weighted by Crippen LogP contribution is 2.51. The van der Waals surface area contributed by atoms with Gasteiger partial charge in [0, 0.05) is 29.6 Å². The average molecular weight is 432 g/mol. The van der Waals surface area contributed by atoms with E-state index in [1.807, 2.05) is 39.8 Å². The fraction of sp³-hybridized carbons (Fsp3) is 0.458. The molecule has 6 heteroatoms. The Hall–Kier alpha value is -2.18. The summed E-state index contributed by atoms with van der Waals surface area (Å²) < 4.78 is 7.94. The van der Waals surface area contributed by atoms with Gasteiger partial charge in [0.15, 0.2) is 0 Å². The van der Waals surface area contributed by atoms with Gasteiger partial charge in [-0.05, 0) is 45.7 Å². The molecular formula is C24H37N3O2S. The van der Waals surface area contributed by atoms with Crippen molar-refractivity contribution in [3.05, 3.63) is 46.5 Å². The Labute approximate surface area is 185 Å². The van der Waals surface area contributed by atoms with E-state index in [0.717, 1.165) is 34.5 Å². The van der Waals surface area contributed by atoms with Crippen molar-refractivity contribution >= 4 is 34.1 Å². The Morgan fingerprint density at radius 3 is 2.50 bits per heavy atom. The summed E-state index contributed by atoms with van der Waals surface area (Å²) >= 11 is 1.64. The van der Waals surface area contributed by atoms with Crippen molar-refractivity contribution in [1.82, 2.24) is 9.88 Å². The number of hydrogen-bond acceptors (Lipinski definition) is 4. The minimum Gasteiger partial charge on any atom is -0.495 e. The molecule has 1 aromatic carbocycles. The van der Waals surface area contributed by atoms with E-state index >= 15 is 0 Å². The number of rotatable bonds is 5. The summed E-state index contributed by atoms with van der Waals surface area (Å²) in [7, 11) is 3.20. The van der Waals surface area contributed by atoms with Gasteiger partial charge in [0.1, 0.15) is 11.0 Å². The maximum atomic E-state index is 12.9. The summed E-state index contributed by atoms with van der Waals surface area (Å²) in [6, 6.07) is 6.09. The van der Waals surface area contributed by atoms with Gasteiger partial charge in [-0.2, -0.15) is 0 Å². The van der Waals surface area contributed by atoms with Gasteiger partial charge in [-0.25, -0.2) is 0 Å². The van der Waals surface area contributed by atoms with Crippen molar-refractivity contribution < 1.29 is 9.53 Å². The molecule has 0 saturated carbocycles. The summed E-state index contributed by atoms with van der Waals surface area (Å²) in [6.07, 6.45) is 4.21. The van der Waals surface area contributed by atoms with E-state index in [1.54, 1.807) is 18.9 Å². The smallest absolute Gasteiger partial charge is 0.238 e. The summed E-state index contributed by atoms with van der Waals surface area (Å²) in [5.41, 5.74) is 8.98. The summed E-state index contributed by atoms with van der Waals surface area (Å²) in [4.78, 5) is 14.0. The van der Waals surface area contributed by atoms with E-state index < -0.39 is 0 Å². The lowest BCUT2D eigenvalue weighted by Gasteiger charge is -2.25. The lowest BCUT2D eigenvalue weighted by Crippen LogP contribution is -2.29. The van der Waals surface area contributed by atoms with Crippen molar-refractivity contribution in [2.75, 3.05) is 20.7 Å². The number of allylic oxidation sites excluding steroid dienone is 4. The second-order valence-electron chi connectivity index (χ2n) is 6.23. The van der Waals surface area contributed by atoms with Gasteiger partial charge in [-0.1, -0.05) is 38.1 Å². The number of fused-ring (bicyclic) bond motifs is 3. The first-order valence-electron chi connectivity index (χ1n) is 10.6. The van der Waals surface area contributed by atoms with Crippen molar-refractivity contribution in [3.8, 4) is 5.75 Å². The first kappa shape index (κ1) is 25.9. The van der Waals surface area contributed by atoms with Crippen LogP contribution in [0.15, 0.2) is 35.3 Å². The maximum Gasteiger partial charge on any atom is 0.238 e. The fourth-order valence-electron chi connectivity index (χ4n) is 3.72. The highest BCUT2D eigenvalue weighted by atomic mass is 32.2. The topological polar surface area (TPSA) is 69.3 Å². The summed E-state index contributed by atoms with van der Waals surface area (Å²) in [6.45, 7) is 13.7. The number of aromatic nitrogens is 1. The van der Waals surface area contributed by atoms with Crippen LogP contribution in [0.4, 0.5) is 0 Å². The van der Waals surface area contributed by atoms with Gasteiger partial charge in [0.05, 0.1) is 18.3 Å². The molecular weight excluding hydrogens is 394 g/mol. The molecule has 3 rings (SSSR count). The van der Waals surface area contributed by atoms with Gasteiger partial charge in [0.25, 0.3) is 0 Å². The number of nitrogens with one attached hydrogen (secondary N) is 1. The average Bonchev–Trinajstić information content (AvgIpc) is 3.12. The first-order valence-corrected chi connectivity index (χ1v) is 11.5. The van der Waals surface area contributed by atoms with Gasteiger partial charge >= 0.3 is 0 Å². The number of amides is 1. The van der Waals surface area contributed by atoms with E-state index in [0.29, 0.717) is 6.54 Å². The Morgan fingerprint density at radius 2 is 1.97 bits per heavy atom. The zero-order chi connectivity index (χ0) is 22.8. The molecule has 0 bridgehead atoms. The van der Waals surface area contributed by atoms with Gasteiger partial charge in [-0.15, -0.1) is 11.8 Å². The van der Waals surface area contributed by atoms with Gasteiger partial charge < -0.3 is 20.4 Å². The largest absolute Gasteiger partial charge is 0.495 e. The van der Waals surface area contributed by atoms with E-state index in [-0.39, 0.29) is 11.2 Å². The normalized spacial score (nSPS) is 15.2. The van der Waals surface area contributed by atoms with Crippen LogP contribution in [0.5, 0.6) is 5.75 Å². The van der Waals surface area contributed by atoms with Gasteiger partial charge in [0.2, 0.25) is 5.91 Å². The number of aryl methyl sites for hydroxylation is 1. The number of methoxy groups -OCH3 is 1. The predicted molar refractivity (Wildman–Crippen MR) is 132 cm³/mol. The number of nitrogens with zero attached hydrogens (tertiary/aromatic N) is 1. The molecule has 166 valence electrons. The van der Waals surface area contributed by atoms with Gasteiger partial charge in [-0.3, -0.25) is 4.79 Å². The lowest BCUT2D eigenvalue weighted by atomic mass is 10.00. The molecule has 1 amide bonds. The number of benzene rings is 1. The van der Waals surface area contributed by atoms with E-state index in [9.17, 15) is 4.79 Å². The molecule has 1 unspecified atom stereocenters. The fourth-order valence-corrected chi connectivity index (χ4v) is 4.91. The van der Waals surface area contributed by atoms with Crippen LogP contribution in [0, 0.1) is 0 Å². The zero-order valence-corrected chi connectivity index (χ0v) is 20.4. The van der Waals surface area contributed by atoms with Crippen molar-refractivity contribution in [2.24, 2.45) is 5.73 Å². The first-order chi connectivity index (χ1) is 14.6. The third-order valence-corrected chi connectivity index (χ3v) is 5.99. The Morgan fingerprint density at radius 1 is 1.30 bits per heavy atom.